The van der Waals surface area contributed by atoms with Gasteiger partial charge in [0.05, 0.1) is 0 Å². The average Bonchev–Trinajstić information content (AvgIpc) is 2.87. The van der Waals surface area contributed by atoms with Gasteiger partial charge in [-0.1, -0.05) is 13.3 Å². The van der Waals surface area contributed by atoms with E-state index in [1.54, 1.807) is 6.07 Å². The van der Waals surface area contributed by atoms with Crippen molar-refractivity contribution in [2.75, 3.05) is 4.72 Å². The van der Waals surface area contributed by atoms with Gasteiger partial charge in [0, 0.05) is 17.8 Å². The summed E-state index contributed by atoms with van der Waals surface area (Å²) in [6.07, 6.45) is 3.70. The maximum Gasteiger partial charge on any atom is 0.300 e. The van der Waals surface area contributed by atoms with E-state index in [1.165, 1.54) is 0 Å². The number of anilines is 1. The van der Waals surface area contributed by atoms with Gasteiger partial charge < -0.3 is 0 Å². The van der Waals surface area contributed by atoms with Crippen molar-refractivity contribution in [3.63, 3.8) is 0 Å². The molecule has 1 aromatic heterocycles. The first-order chi connectivity index (χ1) is 7.59. The highest BCUT2D eigenvalue weighted by atomic mass is 32.2. The fourth-order valence-electron chi connectivity index (χ4n) is 1.40. The van der Waals surface area contributed by atoms with Crippen LogP contribution in [0.25, 0.3) is 0 Å². The Morgan fingerprint density at radius 2 is 2.31 bits per heavy atom. The van der Waals surface area contributed by atoms with Crippen molar-refractivity contribution in [3.8, 4) is 0 Å². The molecule has 2 rings (SSSR count). The van der Waals surface area contributed by atoms with Gasteiger partial charge in [0.1, 0.15) is 0 Å². The number of rotatable bonds is 6. The average molecular weight is 244 g/mol. The van der Waals surface area contributed by atoms with Gasteiger partial charge in [-0.3, -0.25) is 9.82 Å². The van der Waals surface area contributed by atoms with Crippen LogP contribution in [0.15, 0.2) is 6.07 Å². The molecule has 1 fully saturated rings. The molecule has 1 aliphatic carbocycles. The topological polar surface area (TPSA) is 86.9 Å². The third-order valence-corrected chi connectivity index (χ3v) is 3.41. The van der Waals surface area contributed by atoms with Gasteiger partial charge in [0.15, 0.2) is 5.82 Å². The van der Waals surface area contributed by atoms with Crippen molar-refractivity contribution in [2.24, 2.45) is 0 Å². The second-order valence-electron chi connectivity index (χ2n) is 4.03. The van der Waals surface area contributed by atoms with Gasteiger partial charge in [0.25, 0.3) is 0 Å². The maximum absolute atomic E-state index is 11.5. The Morgan fingerprint density at radius 1 is 1.56 bits per heavy atom. The molecule has 0 unspecified atom stereocenters. The predicted molar refractivity (Wildman–Crippen MR) is 61.3 cm³/mol. The highest BCUT2D eigenvalue weighted by molar-refractivity contribution is 7.90. The maximum atomic E-state index is 11.5. The Bertz CT molecular complexity index is 450. The molecule has 0 radical (unpaired) electrons. The molecule has 1 saturated carbocycles. The molecule has 0 amide bonds. The first-order valence-corrected chi connectivity index (χ1v) is 6.92. The summed E-state index contributed by atoms with van der Waals surface area (Å²) in [6.45, 7) is 2.05. The highest BCUT2D eigenvalue weighted by Crippen LogP contribution is 2.20. The lowest BCUT2D eigenvalue weighted by molar-refractivity contribution is 0.586. The molecule has 0 aliphatic heterocycles. The van der Waals surface area contributed by atoms with Crippen LogP contribution in [0.5, 0.6) is 0 Å². The van der Waals surface area contributed by atoms with Crippen LogP contribution >= 0.6 is 0 Å². The molecule has 0 saturated heterocycles. The van der Waals surface area contributed by atoms with E-state index in [0.717, 1.165) is 31.4 Å². The third-order valence-electron chi connectivity index (χ3n) is 2.29. The first-order valence-electron chi connectivity index (χ1n) is 5.43. The lowest BCUT2D eigenvalue weighted by atomic mass is 10.2. The molecular weight excluding hydrogens is 228 g/mol. The fraction of sp³-hybridized carbons (Fsp3) is 0.667. The second-order valence-corrected chi connectivity index (χ2v) is 5.47. The Balaban J connectivity index is 1.96. The lowest BCUT2D eigenvalue weighted by Crippen LogP contribution is -2.31. The minimum atomic E-state index is -3.46. The number of nitrogens with zero attached hydrogens (tertiary/aromatic N) is 1. The Morgan fingerprint density at radius 3 is 2.94 bits per heavy atom. The van der Waals surface area contributed by atoms with E-state index in [1.807, 2.05) is 0 Å². The van der Waals surface area contributed by atoms with Crippen LogP contribution in [0.2, 0.25) is 0 Å². The van der Waals surface area contributed by atoms with Gasteiger partial charge in [-0.2, -0.15) is 18.2 Å². The van der Waals surface area contributed by atoms with Crippen molar-refractivity contribution >= 4 is 16.0 Å². The van der Waals surface area contributed by atoms with Crippen molar-refractivity contribution < 1.29 is 8.42 Å². The van der Waals surface area contributed by atoms with Gasteiger partial charge in [-0.05, 0) is 19.3 Å². The number of nitrogens with one attached hydrogen (secondary N) is 3. The van der Waals surface area contributed by atoms with Crippen molar-refractivity contribution in [2.45, 2.75) is 38.6 Å². The summed E-state index contributed by atoms with van der Waals surface area (Å²) in [6, 6.07) is 1.82. The number of aryl methyl sites for hydroxylation is 1. The summed E-state index contributed by atoms with van der Waals surface area (Å²) in [5, 5.41) is 6.69. The van der Waals surface area contributed by atoms with Crippen LogP contribution in [0.4, 0.5) is 5.82 Å². The second kappa shape index (κ2) is 4.42. The van der Waals surface area contributed by atoms with Crippen LogP contribution in [-0.4, -0.2) is 24.7 Å². The molecule has 0 spiro atoms. The normalized spacial score (nSPS) is 16.3. The zero-order valence-corrected chi connectivity index (χ0v) is 9.97. The van der Waals surface area contributed by atoms with Crippen molar-refractivity contribution in [1.82, 2.24) is 14.9 Å². The number of aromatic amines is 1. The Labute approximate surface area is 95.0 Å². The molecule has 1 aromatic rings. The van der Waals surface area contributed by atoms with E-state index in [-0.39, 0.29) is 6.04 Å². The zero-order chi connectivity index (χ0) is 11.6. The first kappa shape index (κ1) is 11.4. The van der Waals surface area contributed by atoms with Gasteiger partial charge >= 0.3 is 10.2 Å². The summed E-state index contributed by atoms with van der Waals surface area (Å²) < 4.78 is 28.0. The zero-order valence-electron chi connectivity index (χ0n) is 9.16. The van der Waals surface area contributed by atoms with E-state index in [0.29, 0.717) is 5.82 Å². The molecule has 0 bridgehead atoms. The van der Waals surface area contributed by atoms with E-state index in [4.69, 9.17) is 0 Å². The Hall–Kier alpha value is -1.08. The highest BCUT2D eigenvalue weighted by Gasteiger charge is 2.27. The lowest BCUT2D eigenvalue weighted by Gasteiger charge is -2.04. The van der Waals surface area contributed by atoms with E-state index in [2.05, 4.69) is 26.6 Å². The van der Waals surface area contributed by atoms with Gasteiger partial charge in [-0.15, -0.1) is 0 Å². The molecule has 1 heterocycles. The summed E-state index contributed by atoms with van der Waals surface area (Å²) in [4.78, 5) is 0. The van der Waals surface area contributed by atoms with E-state index >= 15 is 0 Å². The quantitative estimate of drug-likeness (QED) is 0.690. The SMILES string of the molecule is CCCc1cc(NS(=O)(=O)NC2CC2)n[nH]1. The van der Waals surface area contributed by atoms with Crippen LogP contribution in [0.1, 0.15) is 31.9 Å². The molecule has 16 heavy (non-hydrogen) atoms. The number of hydrogen-bond acceptors (Lipinski definition) is 3. The van der Waals surface area contributed by atoms with E-state index < -0.39 is 10.2 Å². The molecule has 0 aromatic carbocycles. The standard InChI is InChI=1S/C9H16N4O2S/c1-2-3-8-6-9(11-10-8)13-16(14,15)12-7-4-5-7/h6-7,12H,2-5H2,1H3,(H2,10,11,13). The minimum absolute atomic E-state index is 0.103. The predicted octanol–water partition coefficient (Wildman–Crippen LogP) is 0.771. The molecule has 90 valence electrons. The summed E-state index contributed by atoms with van der Waals surface area (Å²) >= 11 is 0. The van der Waals surface area contributed by atoms with Crippen LogP contribution in [0, 0.1) is 0 Å². The number of aromatic nitrogens is 2. The molecule has 1 aliphatic rings. The minimum Gasteiger partial charge on any atom is -0.280 e. The summed E-state index contributed by atoms with van der Waals surface area (Å²) in [7, 11) is -3.46. The molecule has 0 atom stereocenters. The fourth-order valence-corrected chi connectivity index (χ4v) is 2.51. The van der Waals surface area contributed by atoms with Crippen molar-refractivity contribution in [3.05, 3.63) is 11.8 Å². The molecule has 3 N–H and O–H groups in total. The van der Waals surface area contributed by atoms with Crippen LogP contribution < -0.4 is 9.44 Å². The summed E-state index contributed by atoms with van der Waals surface area (Å²) in [5.41, 5.74) is 0.937. The van der Waals surface area contributed by atoms with Crippen LogP contribution in [-0.2, 0) is 16.6 Å². The number of hydrogen-bond donors (Lipinski definition) is 3. The molecular formula is C9H16N4O2S. The number of H-pyrrole nitrogens is 1. The molecule has 7 heteroatoms. The van der Waals surface area contributed by atoms with Gasteiger partial charge in [-0.25, -0.2) is 0 Å². The monoisotopic (exact) mass is 244 g/mol. The third kappa shape index (κ3) is 3.21. The van der Waals surface area contributed by atoms with Crippen LogP contribution in [0.3, 0.4) is 0 Å². The van der Waals surface area contributed by atoms with Gasteiger partial charge in [0.2, 0.25) is 0 Å². The smallest absolute Gasteiger partial charge is 0.280 e. The molecule has 6 nitrogen and oxygen atoms in total. The Kier molecular flexibility index (Phi) is 3.15. The summed E-state index contributed by atoms with van der Waals surface area (Å²) in [5.74, 6) is 0.344. The largest absolute Gasteiger partial charge is 0.300 e. The van der Waals surface area contributed by atoms with Crippen molar-refractivity contribution in [1.29, 1.82) is 0 Å². The van der Waals surface area contributed by atoms with E-state index in [9.17, 15) is 8.42 Å².